The molecule has 2 heteroatoms. The highest BCUT2D eigenvalue weighted by Gasteiger charge is 2.24. The molecule has 0 fully saturated rings. The van der Waals surface area contributed by atoms with Crippen molar-refractivity contribution in [1.29, 1.82) is 0 Å². The van der Waals surface area contributed by atoms with Crippen LogP contribution in [0.3, 0.4) is 0 Å². The van der Waals surface area contributed by atoms with Crippen molar-refractivity contribution in [3.63, 3.8) is 0 Å². The SMILES string of the molecule is Cc1ccc2c(C(C)(C)C)cc(C(C)(C)C)nc2c1F. The summed E-state index contributed by atoms with van der Waals surface area (Å²) in [5.41, 5.74) is 3.12. The van der Waals surface area contributed by atoms with Crippen LogP contribution in [0.4, 0.5) is 4.39 Å². The molecule has 0 aliphatic carbocycles. The second kappa shape index (κ2) is 4.54. The first kappa shape index (κ1) is 15.0. The van der Waals surface area contributed by atoms with Crippen LogP contribution < -0.4 is 0 Å². The summed E-state index contributed by atoms with van der Waals surface area (Å²) in [7, 11) is 0. The normalized spacial score (nSPS) is 13.0. The highest BCUT2D eigenvalue weighted by Crippen LogP contribution is 2.34. The molecule has 1 aromatic carbocycles. The van der Waals surface area contributed by atoms with Gasteiger partial charge in [-0.2, -0.15) is 0 Å². The highest BCUT2D eigenvalue weighted by molar-refractivity contribution is 5.84. The third-order valence-electron chi connectivity index (χ3n) is 3.69. The lowest BCUT2D eigenvalue weighted by Gasteiger charge is -2.26. The van der Waals surface area contributed by atoms with Gasteiger partial charge in [0.15, 0.2) is 5.82 Å². The van der Waals surface area contributed by atoms with Crippen LogP contribution in [-0.2, 0) is 10.8 Å². The smallest absolute Gasteiger partial charge is 0.152 e. The molecule has 0 aliphatic rings. The Kier molecular flexibility index (Phi) is 3.40. The van der Waals surface area contributed by atoms with E-state index in [9.17, 15) is 4.39 Å². The molecule has 0 aliphatic heterocycles. The van der Waals surface area contributed by atoms with Crippen molar-refractivity contribution < 1.29 is 4.39 Å². The van der Waals surface area contributed by atoms with E-state index >= 15 is 0 Å². The molecule has 0 unspecified atom stereocenters. The van der Waals surface area contributed by atoms with Crippen LogP contribution in [0.2, 0.25) is 0 Å². The molecule has 0 atom stereocenters. The number of pyridine rings is 1. The number of aryl methyl sites for hydroxylation is 1. The lowest BCUT2D eigenvalue weighted by atomic mass is 9.81. The Morgan fingerprint density at radius 2 is 1.55 bits per heavy atom. The molecule has 2 aromatic rings. The van der Waals surface area contributed by atoms with Gasteiger partial charge in [-0.25, -0.2) is 9.37 Å². The molecule has 1 heterocycles. The first-order valence-electron chi connectivity index (χ1n) is 7.12. The molecule has 1 nitrogen and oxygen atoms in total. The Balaban J connectivity index is 2.93. The second-order valence-corrected chi connectivity index (χ2v) is 7.65. The number of fused-ring (bicyclic) bond motifs is 1. The Labute approximate surface area is 121 Å². The number of nitrogens with zero attached hydrogens (tertiary/aromatic N) is 1. The van der Waals surface area contributed by atoms with E-state index in [0.717, 1.165) is 16.6 Å². The summed E-state index contributed by atoms with van der Waals surface area (Å²) in [5, 5.41) is 0.925. The van der Waals surface area contributed by atoms with Crippen LogP contribution in [0, 0.1) is 12.7 Å². The molecular formula is C18H24FN. The maximum atomic E-state index is 14.5. The van der Waals surface area contributed by atoms with Crippen molar-refractivity contribution in [2.24, 2.45) is 0 Å². The van der Waals surface area contributed by atoms with Crippen LogP contribution >= 0.6 is 0 Å². The van der Waals surface area contributed by atoms with Gasteiger partial charge in [0.2, 0.25) is 0 Å². The average Bonchev–Trinajstić information content (AvgIpc) is 2.30. The van der Waals surface area contributed by atoms with Gasteiger partial charge >= 0.3 is 0 Å². The maximum Gasteiger partial charge on any atom is 0.152 e. The summed E-state index contributed by atoms with van der Waals surface area (Å²) < 4.78 is 14.5. The van der Waals surface area contributed by atoms with Gasteiger partial charge in [-0.3, -0.25) is 0 Å². The quantitative estimate of drug-likeness (QED) is 0.636. The lowest BCUT2D eigenvalue weighted by molar-refractivity contribution is 0.555. The van der Waals surface area contributed by atoms with Crippen LogP contribution in [-0.4, -0.2) is 4.98 Å². The number of aromatic nitrogens is 1. The van der Waals surface area contributed by atoms with Crippen molar-refractivity contribution in [2.75, 3.05) is 0 Å². The summed E-state index contributed by atoms with van der Waals surface area (Å²) in [5.74, 6) is -0.195. The Morgan fingerprint density at radius 1 is 0.950 bits per heavy atom. The fourth-order valence-electron chi connectivity index (χ4n) is 2.36. The van der Waals surface area contributed by atoms with Crippen molar-refractivity contribution in [3.8, 4) is 0 Å². The molecule has 0 N–H and O–H groups in total. The zero-order valence-corrected chi connectivity index (χ0v) is 13.6. The molecule has 1 aromatic heterocycles. The number of halogens is 1. The van der Waals surface area contributed by atoms with Crippen molar-refractivity contribution >= 4 is 10.9 Å². The number of benzene rings is 1. The molecule has 0 bridgehead atoms. The minimum Gasteiger partial charge on any atom is -0.249 e. The van der Waals surface area contributed by atoms with Gasteiger partial charge in [0.25, 0.3) is 0 Å². The Hall–Kier alpha value is -1.44. The van der Waals surface area contributed by atoms with Gasteiger partial charge in [-0.15, -0.1) is 0 Å². The van der Waals surface area contributed by atoms with Gasteiger partial charge in [0.05, 0.1) is 0 Å². The molecule has 108 valence electrons. The predicted molar refractivity (Wildman–Crippen MR) is 83.8 cm³/mol. The second-order valence-electron chi connectivity index (χ2n) is 7.65. The lowest BCUT2D eigenvalue weighted by Crippen LogP contribution is -2.19. The third kappa shape index (κ3) is 2.56. The molecule has 0 amide bonds. The summed E-state index contributed by atoms with van der Waals surface area (Å²) in [4.78, 5) is 4.61. The van der Waals surface area contributed by atoms with Gasteiger partial charge in [0.1, 0.15) is 5.52 Å². The fourth-order valence-corrected chi connectivity index (χ4v) is 2.36. The van der Waals surface area contributed by atoms with Crippen molar-refractivity contribution in [3.05, 3.63) is 40.8 Å². The minimum atomic E-state index is -0.195. The molecular weight excluding hydrogens is 249 g/mol. The molecule has 0 saturated carbocycles. The number of hydrogen-bond acceptors (Lipinski definition) is 1. The number of hydrogen-bond donors (Lipinski definition) is 0. The van der Waals surface area contributed by atoms with E-state index in [1.54, 1.807) is 6.92 Å². The Bertz CT molecular complexity index is 658. The average molecular weight is 273 g/mol. The minimum absolute atomic E-state index is 0.0388. The largest absolute Gasteiger partial charge is 0.249 e. The molecule has 20 heavy (non-hydrogen) atoms. The van der Waals surface area contributed by atoms with Gasteiger partial charge in [-0.05, 0) is 29.5 Å². The van der Waals surface area contributed by atoms with E-state index in [0.29, 0.717) is 11.1 Å². The molecule has 0 saturated heterocycles. The highest BCUT2D eigenvalue weighted by atomic mass is 19.1. The standard InChI is InChI=1S/C18H24FN/c1-11-8-9-12-13(17(2,3)4)10-14(18(5,6)7)20-16(12)15(11)19/h8-10H,1-7H3. The first-order valence-corrected chi connectivity index (χ1v) is 7.12. The monoisotopic (exact) mass is 273 g/mol. The summed E-state index contributed by atoms with van der Waals surface area (Å²) in [6.45, 7) is 14.6. The third-order valence-corrected chi connectivity index (χ3v) is 3.69. The summed E-state index contributed by atoms with van der Waals surface area (Å²) in [6.07, 6.45) is 0. The van der Waals surface area contributed by atoms with Crippen LogP contribution in [0.25, 0.3) is 10.9 Å². The first-order chi connectivity index (χ1) is 9.01. The topological polar surface area (TPSA) is 12.9 Å². The van der Waals surface area contributed by atoms with E-state index in [1.165, 1.54) is 0 Å². The van der Waals surface area contributed by atoms with Gasteiger partial charge in [-0.1, -0.05) is 53.7 Å². The van der Waals surface area contributed by atoms with E-state index < -0.39 is 0 Å². The van der Waals surface area contributed by atoms with E-state index in [-0.39, 0.29) is 16.6 Å². The summed E-state index contributed by atoms with van der Waals surface area (Å²) in [6, 6.07) is 5.97. The Morgan fingerprint density at radius 3 is 2.05 bits per heavy atom. The molecule has 0 spiro atoms. The van der Waals surface area contributed by atoms with Crippen LogP contribution in [0.15, 0.2) is 18.2 Å². The fraction of sp³-hybridized carbons (Fsp3) is 0.500. The van der Waals surface area contributed by atoms with E-state index in [4.69, 9.17) is 0 Å². The van der Waals surface area contributed by atoms with Gasteiger partial charge < -0.3 is 0 Å². The van der Waals surface area contributed by atoms with Crippen LogP contribution in [0.5, 0.6) is 0 Å². The van der Waals surface area contributed by atoms with Gasteiger partial charge in [0, 0.05) is 16.5 Å². The predicted octanol–water partition coefficient (Wildman–Crippen LogP) is 5.28. The molecule has 0 radical (unpaired) electrons. The summed E-state index contributed by atoms with van der Waals surface area (Å²) >= 11 is 0. The maximum absolute atomic E-state index is 14.5. The van der Waals surface area contributed by atoms with Crippen LogP contribution in [0.1, 0.15) is 58.4 Å². The number of rotatable bonds is 0. The zero-order chi connectivity index (χ0) is 15.3. The van der Waals surface area contributed by atoms with E-state index in [1.807, 2.05) is 12.1 Å². The van der Waals surface area contributed by atoms with Crippen molar-refractivity contribution in [2.45, 2.75) is 59.3 Å². The van der Waals surface area contributed by atoms with E-state index in [2.05, 4.69) is 52.6 Å². The zero-order valence-electron chi connectivity index (χ0n) is 13.6. The molecule has 2 rings (SSSR count). The van der Waals surface area contributed by atoms with Crippen molar-refractivity contribution in [1.82, 2.24) is 4.98 Å².